The summed E-state index contributed by atoms with van der Waals surface area (Å²) in [6.45, 7) is 8.60. The summed E-state index contributed by atoms with van der Waals surface area (Å²) in [5.41, 5.74) is 4.59. The predicted octanol–water partition coefficient (Wildman–Crippen LogP) is 6.23. The third kappa shape index (κ3) is 5.83. The Bertz CT molecular complexity index is 1410. The fourth-order valence-corrected chi connectivity index (χ4v) is 3.84. The number of anilines is 1. The Morgan fingerprint density at radius 1 is 1.14 bits per heavy atom. The molecule has 0 unspecified atom stereocenters. The van der Waals surface area contributed by atoms with Crippen molar-refractivity contribution in [2.45, 2.75) is 34.1 Å². The second-order valence-corrected chi connectivity index (χ2v) is 9.41. The third-order valence-electron chi connectivity index (χ3n) is 5.58. The third-order valence-corrected chi connectivity index (χ3v) is 5.78. The summed E-state index contributed by atoms with van der Waals surface area (Å²) in [5, 5.41) is 16.5. The van der Waals surface area contributed by atoms with Gasteiger partial charge >= 0.3 is 0 Å². The van der Waals surface area contributed by atoms with Crippen molar-refractivity contribution in [3.05, 3.63) is 71.3 Å². The number of benzene rings is 3. The lowest BCUT2D eigenvalue weighted by Crippen LogP contribution is -2.34. The SMILES string of the molecule is CCc1ccc2oc(-c3cc(NC(=S)NC(=O)c4ccc(OCC(C)C)cc4)cc(C)c3O)nc2c1. The van der Waals surface area contributed by atoms with Gasteiger partial charge in [0, 0.05) is 11.3 Å². The maximum absolute atomic E-state index is 12.6. The van der Waals surface area contributed by atoms with Crippen LogP contribution in [0.1, 0.15) is 42.3 Å². The fourth-order valence-electron chi connectivity index (χ4n) is 3.63. The van der Waals surface area contributed by atoms with Gasteiger partial charge in [-0.2, -0.15) is 0 Å². The number of aromatic hydroxyl groups is 1. The van der Waals surface area contributed by atoms with Crippen LogP contribution in [0.3, 0.4) is 0 Å². The molecule has 8 heteroatoms. The quantitative estimate of drug-likeness (QED) is 0.203. The molecule has 0 bridgehead atoms. The molecule has 0 radical (unpaired) electrons. The van der Waals surface area contributed by atoms with Crippen molar-refractivity contribution in [3.8, 4) is 23.0 Å². The molecule has 0 aliphatic carbocycles. The van der Waals surface area contributed by atoms with Gasteiger partial charge in [0.05, 0.1) is 12.2 Å². The van der Waals surface area contributed by atoms with Crippen LogP contribution in [0.2, 0.25) is 0 Å². The lowest BCUT2D eigenvalue weighted by molar-refractivity contribution is 0.0977. The molecule has 7 nitrogen and oxygen atoms in total. The number of carbonyl (C=O) groups is 1. The van der Waals surface area contributed by atoms with Crippen molar-refractivity contribution in [1.29, 1.82) is 0 Å². The van der Waals surface area contributed by atoms with Crippen molar-refractivity contribution in [1.82, 2.24) is 10.3 Å². The van der Waals surface area contributed by atoms with Gasteiger partial charge < -0.3 is 19.6 Å². The van der Waals surface area contributed by atoms with Crippen LogP contribution >= 0.6 is 12.2 Å². The first-order valence-electron chi connectivity index (χ1n) is 11.8. The van der Waals surface area contributed by atoms with Crippen molar-refractivity contribution in [3.63, 3.8) is 0 Å². The summed E-state index contributed by atoms with van der Waals surface area (Å²) < 4.78 is 11.6. The molecule has 4 rings (SSSR count). The van der Waals surface area contributed by atoms with Crippen LogP contribution in [0.15, 0.2) is 59.0 Å². The van der Waals surface area contributed by atoms with E-state index in [2.05, 4.69) is 36.4 Å². The first-order chi connectivity index (χ1) is 17.2. The van der Waals surface area contributed by atoms with E-state index in [4.69, 9.17) is 21.4 Å². The highest BCUT2D eigenvalue weighted by atomic mass is 32.1. The molecular formula is C28H29N3O4S. The molecule has 0 atom stereocenters. The fraction of sp³-hybridized carbons (Fsp3) is 0.250. The van der Waals surface area contributed by atoms with E-state index in [1.54, 1.807) is 43.3 Å². The summed E-state index contributed by atoms with van der Waals surface area (Å²) in [4.78, 5) is 17.2. The molecule has 0 saturated carbocycles. The molecule has 3 aromatic carbocycles. The normalized spacial score (nSPS) is 11.0. The molecule has 3 N–H and O–H groups in total. The van der Waals surface area contributed by atoms with Gasteiger partial charge in [-0.3, -0.25) is 10.1 Å². The zero-order chi connectivity index (χ0) is 25.8. The van der Waals surface area contributed by atoms with Gasteiger partial charge in [0.15, 0.2) is 10.7 Å². The number of rotatable bonds is 7. The number of carbonyl (C=O) groups excluding carboxylic acids is 1. The maximum Gasteiger partial charge on any atom is 0.257 e. The van der Waals surface area contributed by atoms with Gasteiger partial charge in [0.1, 0.15) is 17.0 Å². The highest BCUT2D eigenvalue weighted by molar-refractivity contribution is 7.80. The highest BCUT2D eigenvalue weighted by Gasteiger charge is 2.17. The van der Waals surface area contributed by atoms with E-state index in [1.807, 2.05) is 18.2 Å². The Kier molecular flexibility index (Phi) is 7.55. The highest BCUT2D eigenvalue weighted by Crippen LogP contribution is 2.36. The molecule has 186 valence electrons. The average Bonchev–Trinajstić information content (AvgIpc) is 3.28. The second-order valence-electron chi connectivity index (χ2n) is 9.00. The number of phenolic OH excluding ortho intramolecular Hbond substituents is 1. The Morgan fingerprint density at radius 2 is 1.89 bits per heavy atom. The maximum atomic E-state index is 12.6. The Hall–Kier alpha value is -3.91. The van der Waals surface area contributed by atoms with Gasteiger partial charge in [-0.05, 0) is 91.1 Å². The molecule has 0 aliphatic heterocycles. The van der Waals surface area contributed by atoms with E-state index < -0.39 is 0 Å². The standard InChI is InChI=1S/C28H29N3O4S/c1-5-18-6-11-24-23(13-18)30-27(35-24)22-14-20(12-17(4)25(22)32)29-28(36)31-26(33)19-7-9-21(10-8-19)34-15-16(2)3/h6-14,16,32H,5,15H2,1-4H3,(H2,29,31,33,36). The van der Waals surface area contributed by atoms with Gasteiger partial charge in [-0.25, -0.2) is 4.98 Å². The molecule has 0 spiro atoms. The summed E-state index contributed by atoms with van der Waals surface area (Å²) in [6.07, 6.45) is 0.890. The minimum Gasteiger partial charge on any atom is -0.507 e. The first kappa shape index (κ1) is 25.2. The number of nitrogens with zero attached hydrogens (tertiary/aromatic N) is 1. The monoisotopic (exact) mass is 503 g/mol. The number of hydrogen-bond acceptors (Lipinski definition) is 6. The van der Waals surface area contributed by atoms with E-state index in [9.17, 15) is 9.90 Å². The van der Waals surface area contributed by atoms with E-state index >= 15 is 0 Å². The minimum absolute atomic E-state index is 0.0672. The number of fused-ring (bicyclic) bond motifs is 1. The van der Waals surface area contributed by atoms with Crippen LogP contribution in [-0.2, 0) is 6.42 Å². The number of phenols is 1. The van der Waals surface area contributed by atoms with Gasteiger partial charge in [-0.1, -0.05) is 26.8 Å². The van der Waals surface area contributed by atoms with Crippen molar-refractivity contribution >= 4 is 40.0 Å². The largest absolute Gasteiger partial charge is 0.507 e. The molecule has 1 aromatic heterocycles. The summed E-state index contributed by atoms with van der Waals surface area (Å²) >= 11 is 5.36. The minimum atomic E-state index is -0.343. The van der Waals surface area contributed by atoms with Crippen LogP contribution < -0.4 is 15.4 Å². The lowest BCUT2D eigenvalue weighted by atomic mass is 10.1. The molecule has 0 fully saturated rings. The molecule has 0 aliphatic rings. The van der Waals surface area contributed by atoms with Gasteiger partial charge in [-0.15, -0.1) is 0 Å². The van der Waals surface area contributed by atoms with Crippen LogP contribution in [0.5, 0.6) is 11.5 Å². The van der Waals surface area contributed by atoms with Gasteiger partial charge in [0.2, 0.25) is 5.89 Å². The molecule has 36 heavy (non-hydrogen) atoms. The summed E-state index contributed by atoms with van der Waals surface area (Å²) in [6, 6.07) is 16.2. The van der Waals surface area contributed by atoms with Crippen LogP contribution in [0.4, 0.5) is 5.69 Å². The number of amides is 1. The number of aryl methyl sites for hydroxylation is 2. The number of aromatic nitrogens is 1. The van der Waals surface area contributed by atoms with E-state index in [0.29, 0.717) is 52.1 Å². The zero-order valence-corrected chi connectivity index (χ0v) is 21.5. The Labute approximate surface area is 215 Å². The molecule has 1 amide bonds. The molecule has 0 saturated heterocycles. The number of thiocarbonyl (C=S) groups is 1. The van der Waals surface area contributed by atoms with Crippen molar-refractivity contribution in [2.75, 3.05) is 11.9 Å². The summed E-state index contributed by atoms with van der Waals surface area (Å²) in [7, 11) is 0. The summed E-state index contributed by atoms with van der Waals surface area (Å²) in [5.74, 6) is 1.15. The number of nitrogens with one attached hydrogen (secondary N) is 2. The predicted molar refractivity (Wildman–Crippen MR) is 146 cm³/mol. The van der Waals surface area contributed by atoms with Crippen molar-refractivity contribution in [2.24, 2.45) is 5.92 Å². The van der Waals surface area contributed by atoms with Crippen LogP contribution in [0, 0.1) is 12.8 Å². The van der Waals surface area contributed by atoms with E-state index in [-0.39, 0.29) is 16.8 Å². The van der Waals surface area contributed by atoms with Crippen molar-refractivity contribution < 1.29 is 19.1 Å². The van der Waals surface area contributed by atoms with E-state index in [1.165, 1.54) is 0 Å². The second kappa shape index (κ2) is 10.8. The molecule has 1 heterocycles. The number of oxazole rings is 1. The van der Waals surface area contributed by atoms with E-state index in [0.717, 1.165) is 17.5 Å². The van der Waals surface area contributed by atoms with Gasteiger partial charge in [0.25, 0.3) is 5.91 Å². The van der Waals surface area contributed by atoms with Crippen LogP contribution in [-0.4, -0.2) is 27.7 Å². The van der Waals surface area contributed by atoms with Crippen LogP contribution in [0.25, 0.3) is 22.6 Å². The number of hydrogen-bond donors (Lipinski definition) is 3. The zero-order valence-electron chi connectivity index (χ0n) is 20.7. The lowest BCUT2D eigenvalue weighted by Gasteiger charge is -2.13. The Balaban J connectivity index is 1.48. The number of ether oxygens (including phenoxy) is 1. The molecular weight excluding hydrogens is 474 g/mol. The Morgan fingerprint density at radius 3 is 2.58 bits per heavy atom. The molecule has 4 aromatic rings. The smallest absolute Gasteiger partial charge is 0.257 e. The average molecular weight is 504 g/mol. The first-order valence-corrected chi connectivity index (χ1v) is 12.2. The topological polar surface area (TPSA) is 96.6 Å².